The minimum absolute atomic E-state index is 0.0124. The highest BCUT2D eigenvalue weighted by Gasteiger charge is 2.34. The molecule has 188 valence electrons. The summed E-state index contributed by atoms with van der Waals surface area (Å²) in [6, 6.07) is 11.7. The Kier molecular flexibility index (Phi) is 6.43. The van der Waals surface area contributed by atoms with Crippen LogP contribution in [-0.2, 0) is 16.2 Å². The van der Waals surface area contributed by atoms with E-state index in [2.05, 4.69) is 19.7 Å². The maximum absolute atomic E-state index is 13.5. The highest BCUT2D eigenvalue weighted by molar-refractivity contribution is 7.89. The van der Waals surface area contributed by atoms with Gasteiger partial charge in [-0.25, -0.2) is 32.5 Å². The zero-order valence-corrected chi connectivity index (χ0v) is 20.2. The molecule has 0 radical (unpaired) electrons. The second kappa shape index (κ2) is 9.10. The van der Waals surface area contributed by atoms with Gasteiger partial charge in [0.2, 0.25) is 16.0 Å². The Morgan fingerprint density at radius 3 is 2.22 bits per heavy atom. The van der Waals surface area contributed by atoms with Crippen molar-refractivity contribution in [3.63, 3.8) is 0 Å². The van der Waals surface area contributed by atoms with E-state index in [1.165, 1.54) is 41.4 Å². The Balaban J connectivity index is 1.74. The van der Waals surface area contributed by atoms with E-state index in [1.807, 2.05) is 0 Å². The van der Waals surface area contributed by atoms with Crippen molar-refractivity contribution in [1.29, 1.82) is 0 Å². The molecule has 0 saturated carbocycles. The topological polar surface area (TPSA) is 89.8 Å². The lowest BCUT2D eigenvalue weighted by Crippen LogP contribution is -2.40. The molecule has 0 aliphatic carbocycles. The van der Waals surface area contributed by atoms with Crippen LogP contribution >= 0.6 is 0 Å². The van der Waals surface area contributed by atoms with Gasteiger partial charge in [0.05, 0.1) is 16.3 Å². The fourth-order valence-electron chi connectivity index (χ4n) is 3.33. The number of hydrogen-bond acceptors (Lipinski definition) is 5. The predicted molar refractivity (Wildman–Crippen MR) is 125 cm³/mol. The summed E-state index contributed by atoms with van der Waals surface area (Å²) in [6.07, 6.45) is -2.13. The lowest BCUT2D eigenvalue weighted by Gasteiger charge is -2.20. The molecule has 7 nitrogen and oxygen atoms in total. The van der Waals surface area contributed by atoms with Gasteiger partial charge >= 0.3 is 6.18 Å². The van der Waals surface area contributed by atoms with Crippen molar-refractivity contribution >= 4 is 10.0 Å². The minimum Gasteiger partial charge on any atom is -0.274 e. The van der Waals surface area contributed by atoms with Gasteiger partial charge in [-0.05, 0) is 63.2 Å². The Morgan fingerprint density at radius 2 is 1.58 bits per heavy atom. The van der Waals surface area contributed by atoms with Gasteiger partial charge in [-0.3, -0.25) is 4.57 Å². The summed E-state index contributed by atoms with van der Waals surface area (Å²) in [5.41, 5.74) is -0.926. The summed E-state index contributed by atoms with van der Waals surface area (Å²) >= 11 is 0. The third-order valence-corrected chi connectivity index (χ3v) is 6.59. The summed E-state index contributed by atoms with van der Waals surface area (Å²) in [7, 11) is -3.82. The zero-order valence-electron chi connectivity index (χ0n) is 19.4. The van der Waals surface area contributed by atoms with E-state index in [0.29, 0.717) is 11.3 Å². The highest BCUT2D eigenvalue weighted by Crippen LogP contribution is 2.31. The number of nitrogens with zero attached hydrogens (tertiary/aromatic N) is 4. The molecule has 0 atom stereocenters. The molecule has 0 amide bonds. The van der Waals surface area contributed by atoms with E-state index in [4.69, 9.17) is 0 Å². The largest absolute Gasteiger partial charge is 0.433 e. The van der Waals surface area contributed by atoms with Crippen LogP contribution in [0.2, 0.25) is 0 Å². The average Bonchev–Trinajstić information content (AvgIpc) is 3.28. The van der Waals surface area contributed by atoms with Crippen LogP contribution in [0.5, 0.6) is 0 Å². The summed E-state index contributed by atoms with van der Waals surface area (Å²) in [6.45, 7) is 5.14. The molecule has 0 saturated heterocycles. The quantitative estimate of drug-likeness (QED) is 0.365. The molecule has 36 heavy (non-hydrogen) atoms. The van der Waals surface area contributed by atoms with Crippen LogP contribution in [0, 0.1) is 5.82 Å². The lowest BCUT2D eigenvalue weighted by molar-refractivity contribution is -0.141. The zero-order chi connectivity index (χ0) is 26.3. The maximum atomic E-state index is 13.5. The van der Waals surface area contributed by atoms with Gasteiger partial charge in [0, 0.05) is 22.9 Å². The van der Waals surface area contributed by atoms with E-state index < -0.39 is 33.2 Å². The van der Waals surface area contributed by atoms with Crippen LogP contribution in [0.1, 0.15) is 26.5 Å². The first-order valence-electron chi connectivity index (χ1n) is 10.6. The Morgan fingerprint density at radius 1 is 0.889 bits per heavy atom. The Labute approximate surface area is 204 Å². The second-order valence-electron chi connectivity index (χ2n) is 8.99. The molecule has 2 heterocycles. The first-order chi connectivity index (χ1) is 16.7. The molecular formula is C24H21F4N5O2S. The maximum Gasteiger partial charge on any atom is 0.433 e. The van der Waals surface area contributed by atoms with E-state index in [0.717, 1.165) is 18.2 Å². The Bertz CT molecular complexity index is 1510. The van der Waals surface area contributed by atoms with E-state index >= 15 is 0 Å². The third-order valence-electron chi connectivity index (χ3n) is 4.84. The van der Waals surface area contributed by atoms with Gasteiger partial charge in [-0.2, -0.15) is 13.2 Å². The SMILES string of the molecule is CC(C)(C)NS(=O)(=O)c1cccc(-c2cn(-c3nc(-c4ccc(F)cc4)cc(C(F)(F)F)n3)cn2)c1. The van der Waals surface area contributed by atoms with Gasteiger partial charge in [-0.1, -0.05) is 12.1 Å². The Hall–Kier alpha value is -3.64. The number of nitrogens with one attached hydrogen (secondary N) is 1. The predicted octanol–water partition coefficient (Wildman–Crippen LogP) is 5.23. The first kappa shape index (κ1) is 25.5. The van der Waals surface area contributed by atoms with Crippen molar-refractivity contribution in [3.05, 3.63) is 78.6 Å². The molecular weight excluding hydrogens is 498 g/mol. The van der Waals surface area contributed by atoms with Crippen molar-refractivity contribution in [3.8, 4) is 28.5 Å². The normalized spacial score (nSPS) is 12.6. The van der Waals surface area contributed by atoms with E-state index in [9.17, 15) is 26.0 Å². The number of aromatic nitrogens is 4. The number of sulfonamides is 1. The highest BCUT2D eigenvalue weighted by atomic mass is 32.2. The smallest absolute Gasteiger partial charge is 0.274 e. The minimum atomic E-state index is -4.75. The number of alkyl halides is 3. The summed E-state index contributed by atoms with van der Waals surface area (Å²) in [4.78, 5) is 12.0. The molecule has 2 aromatic heterocycles. The summed E-state index contributed by atoms with van der Waals surface area (Å²) in [5.74, 6) is -0.841. The number of hydrogen-bond donors (Lipinski definition) is 1. The number of halogens is 4. The van der Waals surface area contributed by atoms with Crippen molar-refractivity contribution < 1.29 is 26.0 Å². The molecule has 0 aliphatic heterocycles. The van der Waals surface area contributed by atoms with Crippen LogP contribution in [-0.4, -0.2) is 33.5 Å². The van der Waals surface area contributed by atoms with Gasteiger partial charge in [0.25, 0.3) is 0 Å². The molecule has 1 N–H and O–H groups in total. The van der Waals surface area contributed by atoms with Crippen molar-refractivity contribution in [2.24, 2.45) is 0 Å². The standard InChI is InChI=1S/C24H21F4N5O2S/c1-23(2,3)32-36(34,35)18-6-4-5-16(11-18)20-13-33(14-29-20)22-30-19(12-21(31-22)24(26,27)28)15-7-9-17(25)10-8-15/h4-14,32H,1-3H3. The molecule has 0 fully saturated rings. The van der Waals surface area contributed by atoms with Crippen LogP contribution in [0.3, 0.4) is 0 Å². The molecule has 2 aromatic carbocycles. The summed E-state index contributed by atoms with van der Waals surface area (Å²) < 4.78 is 83.1. The van der Waals surface area contributed by atoms with E-state index in [1.54, 1.807) is 32.9 Å². The third kappa shape index (κ3) is 5.77. The van der Waals surface area contributed by atoms with Crippen molar-refractivity contribution in [1.82, 2.24) is 24.2 Å². The molecule has 0 unspecified atom stereocenters. The average molecular weight is 520 g/mol. The number of benzene rings is 2. The molecule has 12 heteroatoms. The van der Waals surface area contributed by atoms with Gasteiger partial charge in [0.1, 0.15) is 12.1 Å². The van der Waals surface area contributed by atoms with Crippen LogP contribution < -0.4 is 4.72 Å². The summed E-state index contributed by atoms with van der Waals surface area (Å²) in [5, 5.41) is 0. The molecule has 4 aromatic rings. The lowest BCUT2D eigenvalue weighted by atomic mass is 10.1. The molecule has 0 bridgehead atoms. The number of imidazole rings is 1. The van der Waals surface area contributed by atoms with Crippen LogP contribution in [0.15, 0.2) is 72.0 Å². The molecule has 0 spiro atoms. The van der Waals surface area contributed by atoms with Crippen molar-refractivity contribution in [2.45, 2.75) is 37.4 Å². The fourth-order valence-corrected chi connectivity index (χ4v) is 4.79. The van der Waals surface area contributed by atoms with Gasteiger partial charge < -0.3 is 0 Å². The van der Waals surface area contributed by atoms with Crippen LogP contribution in [0.4, 0.5) is 17.6 Å². The van der Waals surface area contributed by atoms with Gasteiger partial charge in [-0.15, -0.1) is 0 Å². The van der Waals surface area contributed by atoms with E-state index in [-0.39, 0.29) is 22.1 Å². The van der Waals surface area contributed by atoms with Crippen molar-refractivity contribution in [2.75, 3.05) is 0 Å². The fraction of sp³-hybridized carbons (Fsp3) is 0.208. The van der Waals surface area contributed by atoms with Gasteiger partial charge in [0.15, 0.2) is 5.69 Å². The van der Waals surface area contributed by atoms with Crippen LogP contribution in [0.25, 0.3) is 28.5 Å². The monoisotopic (exact) mass is 519 g/mol. The second-order valence-corrected chi connectivity index (χ2v) is 10.7. The first-order valence-corrected chi connectivity index (χ1v) is 12.1. The number of rotatable bonds is 5. The molecule has 4 rings (SSSR count). The molecule has 0 aliphatic rings.